The van der Waals surface area contributed by atoms with Gasteiger partial charge >= 0.3 is 6.03 Å². The molecule has 4 rings (SSSR count). The minimum Gasteiger partial charge on any atom is -0.497 e. The lowest BCUT2D eigenvalue weighted by Gasteiger charge is -2.34. The maximum Gasteiger partial charge on any atom is 0.321 e. The number of thiazole rings is 1. The molecule has 3 aromatic rings. The number of benzene rings is 2. The molecule has 1 aliphatic rings. The Morgan fingerprint density at radius 2 is 1.93 bits per heavy atom. The summed E-state index contributed by atoms with van der Waals surface area (Å²) in [4.78, 5) is 21.6. The van der Waals surface area contributed by atoms with Crippen molar-refractivity contribution in [3.8, 4) is 17.0 Å². The smallest absolute Gasteiger partial charge is 0.321 e. The standard InChI is InChI=1S/C23H26N4O2S/c1-17-5-3-7-19(13-17)24-23(28)27-11-9-26(10-12-27)15-22-25-21(16-30-22)18-6-4-8-20(14-18)29-2/h3-8,13-14,16H,9-12,15H2,1-2H3,(H,24,28). The minimum absolute atomic E-state index is 0.0326. The van der Waals surface area contributed by atoms with Crippen LogP contribution >= 0.6 is 11.3 Å². The number of ether oxygens (including phenoxy) is 1. The Hall–Kier alpha value is -2.90. The Balaban J connectivity index is 1.30. The van der Waals surface area contributed by atoms with Crippen molar-refractivity contribution in [2.45, 2.75) is 13.5 Å². The maximum absolute atomic E-state index is 12.5. The first-order valence-corrected chi connectivity index (χ1v) is 10.9. The lowest BCUT2D eigenvalue weighted by molar-refractivity contribution is 0.143. The molecule has 0 radical (unpaired) electrons. The topological polar surface area (TPSA) is 57.7 Å². The van der Waals surface area contributed by atoms with E-state index < -0.39 is 0 Å². The molecule has 0 saturated carbocycles. The van der Waals surface area contributed by atoms with E-state index in [1.54, 1.807) is 18.4 Å². The van der Waals surface area contributed by atoms with Gasteiger partial charge in [0, 0.05) is 42.8 Å². The first-order valence-electron chi connectivity index (χ1n) is 10.0. The predicted molar refractivity (Wildman–Crippen MR) is 121 cm³/mol. The molecule has 0 spiro atoms. The number of amides is 2. The summed E-state index contributed by atoms with van der Waals surface area (Å²) < 4.78 is 5.31. The quantitative estimate of drug-likeness (QED) is 0.659. The summed E-state index contributed by atoms with van der Waals surface area (Å²) in [5, 5.41) is 6.18. The number of hydrogen-bond acceptors (Lipinski definition) is 5. The van der Waals surface area contributed by atoms with Crippen LogP contribution in [0.2, 0.25) is 0 Å². The molecule has 1 fully saturated rings. The number of methoxy groups -OCH3 is 1. The van der Waals surface area contributed by atoms with E-state index >= 15 is 0 Å². The van der Waals surface area contributed by atoms with Crippen LogP contribution in [0.5, 0.6) is 5.75 Å². The van der Waals surface area contributed by atoms with Gasteiger partial charge in [0.2, 0.25) is 0 Å². The van der Waals surface area contributed by atoms with Crippen molar-refractivity contribution < 1.29 is 9.53 Å². The van der Waals surface area contributed by atoms with E-state index in [9.17, 15) is 4.79 Å². The zero-order chi connectivity index (χ0) is 20.9. The molecule has 1 aromatic heterocycles. The van der Waals surface area contributed by atoms with Gasteiger partial charge in [0.15, 0.2) is 0 Å². The second kappa shape index (κ2) is 9.28. The van der Waals surface area contributed by atoms with Crippen LogP contribution in [0.3, 0.4) is 0 Å². The summed E-state index contributed by atoms with van der Waals surface area (Å²) in [5.74, 6) is 0.835. The largest absolute Gasteiger partial charge is 0.497 e. The van der Waals surface area contributed by atoms with E-state index in [0.717, 1.165) is 52.9 Å². The normalized spacial score (nSPS) is 14.5. The third-order valence-electron chi connectivity index (χ3n) is 5.20. The van der Waals surface area contributed by atoms with E-state index in [-0.39, 0.29) is 6.03 Å². The highest BCUT2D eigenvalue weighted by Crippen LogP contribution is 2.26. The van der Waals surface area contributed by atoms with Gasteiger partial charge in [0.25, 0.3) is 0 Å². The molecule has 1 N–H and O–H groups in total. The van der Waals surface area contributed by atoms with Gasteiger partial charge in [-0.3, -0.25) is 4.90 Å². The van der Waals surface area contributed by atoms with Crippen molar-refractivity contribution >= 4 is 23.1 Å². The Kier molecular flexibility index (Phi) is 6.30. The third kappa shape index (κ3) is 4.98. The van der Waals surface area contributed by atoms with E-state index in [2.05, 4.69) is 15.6 Å². The number of urea groups is 1. The second-order valence-corrected chi connectivity index (χ2v) is 8.36. The van der Waals surface area contributed by atoms with E-state index in [0.29, 0.717) is 13.1 Å². The summed E-state index contributed by atoms with van der Waals surface area (Å²) in [6, 6.07) is 15.8. The van der Waals surface area contributed by atoms with Crippen LogP contribution in [0.25, 0.3) is 11.3 Å². The Morgan fingerprint density at radius 1 is 1.13 bits per heavy atom. The average Bonchev–Trinajstić information content (AvgIpc) is 3.23. The Labute approximate surface area is 181 Å². The molecule has 0 unspecified atom stereocenters. The molecule has 2 heterocycles. The molecule has 0 atom stereocenters. The zero-order valence-corrected chi connectivity index (χ0v) is 18.1. The number of nitrogens with one attached hydrogen (secondary N) is 1. The van der Waals surface area contributed by atoms with Crippen LogP contribution < -0.4 is 10.1 Å². The number of anilines is 1. The Morgan fingerprint density at radius 3 is 2.70 bits per heavy atom. The molecule has 0 bridgehead atoms. The molecule has 2 amide bonds. The van der Waals surface area contributed by atoms with E-state index in [1.807, 2.05) is 60.4 Å². The summed E-state index contributed by atoms with van der Waals surface area (Å²) in [5.41, 5.74) is 4.02. The summed E-state index contributed by atoms with van der Waals surface area (Å²) in [6.07, 6.45) is 0. The van der Waals surface area contributed by atoms with Crippen molar-refractivity contribution in [1.29, 1.82) is 0 Å². The van der Waals surface area contributed by atoms with Crippen molar-refractivity contribution in [2.75, 3.05) is 38.6 Å². The van der Waals surface area contributed by atoms with Gasteiger partial charge in [0.1, 0.15) is 10.8 Å². The second-order valence-electron chi connectivity index (χ2n) is 7.42. The minimum atomic E-state index is -0.0326. The SMILES string of the molecule is COc1cccc(-c2csc(CN3CCN(C(=O)Nc4cccc(C)c4)CC3)n2)c1. The van der Waals surface area contributed by atoms with Crippen LogP contribution in [-0.4, -0.2) is 54.1 Å². The molecular weight excluding hydrogens is 396 g/mol. The average molecular weight is 423 g/mol. The molecule has 30 heavy (non-hydrogen) atoms. The lowest BCUT2D eigenvalue weighted by atomic mass is 10.2. The van der Waals surface area contributed by atoms with Crippen molar-refractivity contribution in [3.05, 3.63) is 64.5 Å². The van der Waals surface area contributed by atoms with Gasteiger partial charge in [-0.1, -0.05) is 24.3 Å². The van der Waals surface area contributed by atoms with Crippen LogP contribution in [0.1, 0.15) is 10.6 Å². The third-order valence-corrected chi connectivity index (χ3v) is 6.04. The molecule has 6 nitrogen and oxygen atoms in total. The van der Waals surface area contributed by atoms with Crippen LogP contribution in [0, 0.1) is 6.92 Å². The van der Waals surface area contributed by atoms with Crippen molar-refractivity contribution in [1.82, 2.24) is 14.8 Å². The number of aromatic nitrogens is 1. The Bertz CT molecular complexity index is 1010. The van der Waals surface area contributed by atoms with Gasteiger partial charge in [-0.05, 0) is 36.8 Å². The van der Waals surface area contributed by atoms with Crippen LogP contribution in [0.4, 0.5) is 10.5 Å². The number of carbonyl (C=O) groups is 1. The monoisotopic (exact) mass is 422 g/mol. The lowest BCUT2D eigenvalue weighted by Crippen LogP contribution is -2.49. The molecule has 1 aliphatic heterocycles. The van der Waals surface area contributed by atoms with Crippen molar-refractivity contribution in [3.63, 3.8) is 0 Å². The summed E-state index contributed by atoms with van der Waals surface area (Å²) in [7, 11) is 1.67. The van der Waals surface area contributed by atoms with E-state index in [1.165, 1.54) is 0 Å². The fourth-order valence-electron chi connectivity index (χ4n) is 3.52. The van der Waals surface area contributed by atoms with Crippen LogP contribution in [0.15, 0.2) is 53.9 Å². The predicted octanol–water partition coefficient (Wildman–Crippen LogP) is 4.48. The number of hydrogen-bond donors (Lipinski definition) is 1. The highest BCUT2D eigenvalue weighted by molar-refractivity contribution is 7.09. The molecule has 1 saturated heterocycles. The number of piperazine rings is 1. The maximum atomic E-state index is 12.5. The van der Waals surface area contributed by atoms with Gasteiger partial charge in [-0.25, -0.2) is 9.78 Å². The van der Waals surface area contributed by atoms with Gasteiger partial charge in [-0.2, -0.15) is 0 Å². The molecule has 0 aliphatic carbocycles. The fourth-order valence-corrected chi connectivity index (χ4v) is 4.37. The first kappa shape index (κ1) is 20.4. The van der Waals surface area contributed by atoms with Gasteiger partial charge in [0.05, 0.1) is 19.3 Å². The fraction of sp³-hybridized carbons (Fsp3) is 0.304. The number of aryl methyl sites for hydroxylation is 1. The highest BCUT2D eigenvalue weighted by atomic mass is 32.1. The first-order chi connectivity index (χ1) is 14.6. The molecule has 2 aromatic carbocycles. The zero-order valence-electron chi connectivity index (χ0n) is 17.3. The summed E-state index contributed by atoms with van der Waals surface area (Å²) >= 11 is 1.68. The summed E-state index contributed by atoms with van der Waals surface area (Å²) in [6.45, 7) is 5.94. The van der Waals surface area contributed by atoms with Crippen molar-refractivity contribution in [2.24, 2.45) is 0 Å². The van der Waals surface area contributed by atoms with E-state index in [4.69, 9.17) is 9.72 Å². The molecular formula is C23H26N4O2S. The number of carbonyl (C=O) groups excluding carboxylic acids is 1. The van der Waals surface area contributed by atoms with Gasteiger partial charge in [-0.15, -0.1) is 11.3 Å². The number of nitrogens with zero attached hydrogens (tertiary/aromatic N) is 3. The highest BCUT2D eigenvalue weighted by Gasteiger charge is 2.22. The molecule has 7 heteroatoms. The molecule has 156 valence electrons. The van der Waals surface area contributed by atoms with Gasteiger partial charge < -0.3 is 15.0 Å². The number of rotatable bonds is 5. The van der Waals surface area contributed by atoms with Crippen LogP contribution in [-0.2, 0) is 6.54 Å².